The van der Waals surface area contributed by atoms with Gasteiger partial charge < -0.3 is 4.98 Å². The lowest BCUT2D eigenvalue weighted by Crippen LogP contribution is -2.25. The summed E-state index contributed by atoms with van der Waals surface area (Å²) in [4.78, 5) is 23.6. The first kappa shape index (κ1) is 14.9. The molecule has 0 unspecified atom stereocenters. The van der Waals surface area contributed by atoms with Gasteiger partial charge in [0.05, 0.1) is 17.4 Å². The Bertz CT molecular complexity index is 890. The van der Waals surface area contributed by atoms with Crippen LogP contribution < -0.4 is 5.56 Å². The quantitative estimate of drug-likeness (QED) is 0.781. The molecule has 0 aliphatic carbocycles. The van der Waals surface area contributed by atoms with Gasteiger partial charge in [0, 0.05) is 15.9 Å². The zero-order valence-corrected chi connectivity index (χ0v) is 14.0. The molecule has 0 bridgehead atoms. The zero-order valence-electron chi connectivity index (χ0n) is 12.5. The van der Waals surface area contributed by atoms with E-state index in [1.165, 1.54) is 11.3 Å². The third kappa shape index (κ3) is 2.92. The van der Waals surface area contributed by atoms with Gasteiger partial charge in [-0.25, -0.2) is 4.98 Å². The summed E-state index contributed by atoms with van der Waals surface area (Å²) < 4.78 is 0. The van der Waals surface area contributed by atoms with Gasteiger partial charge >= 0.3 is 0 Å². The molecule has 0 spiro atoms. The van der Waals surface area contributed by atoms with E-state index in [-0.39, 0.29) is 5.56 Å². The monoisotopic (exact) mass is 345 g/mol. The summed E-state index contributed by atoms with van der Waals surface area (Å²) in [6, 6.07) is 9.95. The Hall–Kier alpha value is -1.69. The average Bonchev–Trinajstić information content (AvgIpc) is 3.19. The van der Waals surface area contributed by atoms with Gasteiger partial charge in [-0.1, -0.05) is 17.7 Å². The van der Waals surface area contributed by atoms with Crippen molar-refractivity contribution in [3.8, 4) is 0 Å². The largest absolute Gasteiger partial charge is 0.309 e. The van der Waals surface area contributed by atoms with Crippen LogP contribution in [-0.2, 0) is 6.54 Å². The van der Waals surface area contributed by atoms with Crippen molar-refractivity contribution >= 4 is 33.8 Å². The lowest BCUT2D eigenvalue weighted by molar-refractivity contribution is 0.245. The summed E-state index contributed by atoms with van der Waals surface area (Å²) in [6.07, 6.45) is 2.34. The van der Waals surface area contributed by atoms with Gasteiger partial charge in [0.2, 0.25) is 0 Å². The SMILES string of the molecule is O=c1[nH]c(CN2CCC[C@@H]2c2cccs2)nc2ccc(Cl)cc12. The molecule has 0 radical (unpaired) electrons. The third-order valence-corrected chi connectivity index (χ3v) is 5.51. The van der Waals surface area contributed by atoms with Gasteiger partial charge in [0.15, 0.2) is 0 Å². The van der Waals surface area contributed by atoms with Gasteiger partial charge in [0.25, 0.3) is 5.56 Å². The van der Waals surface area contributed by atoms with Gasteiger partial charge in [-0.3, -0.25) is 9.69 Å². The standard InChI is InChI=1S/C17H16ClN3OS/c18-11-5-6-13-12(9-11)17(22)20-16(19-13)10-21-7-1-3-14(21)15-4-2-8-23-15/h2,4-6,8-9,14H,1,3,7,10H2,(H,19,20,22)/t14-/m1/s1. The van der Waals surface area contributed by atoms with Crippen LogP contribution in [0.15, 0.2) is 40.5 Å². The van der Waals surface area contributed by atoms with Gasteiger partial charge in [-0.15, -0.1) is 11.3 Å². The van der Waals surface area contributed by atoms with Crippen molar-refractivity contribution in [3.63, 3.8) is 0 Å². The Kier molecular flexibility index (Phi) is 3.93. The van der Waals surface area contributed by atoms with Crippen LogP contribution in [0.4, 0.5) is 0 Å². The fourth-order valence-electron chi connectivity index (χ4n) is 3.25. The van der Waals surface area contributed by atoms with Gasteiger partial charge in [-0.2, -0.15) is 0 Å². The van der Waals surface area contributed by atoms with Crippen molar-refractivity contribution in [2.45, 2.75) is 25.4 Å². The summed E-state index contributed by atoms with van der Waals surface area (Å²) in [6.45, 7) is 1.70. The fourth-order valence-corrected chi connectivity index (χ4v) is 4.31. The summed E-state index contributed by atoms with van der Waals surface area (Å²) in [5.41, 5.74) is 0.569. The Labute approximate surface area is 142 Å². The fraction of sp³-hybridized carbons (Fsp3) is 0.294. The normalized spacial score (nSPS) is 18.7. The zero-order chi connectivity index (χ0) is 15.8. The number of halogens is 1. The number of nitrogens with zero attached hydrogens (tertiary/aromatic N) is 2. The molecule has 3 aromatic rings. The van der Waals surface area contributed by atoms with Crippen LogP contribution in [0.3, 0.4) is 0 Å². The molecule has 1 aromatic carbocycles. The molecule has 1 aliphatic heterocycles. The predicted molar refractivity (Wildman–Crippen MR) is 94.1 cm³/mol. The van der Waals surface area contributed by atoms with E-state index in [4.69, 9.17) is 11.6 Å². The molecule has 1 saturated heterocycles. The number of thiophene rings is 1. The van der Waals surface area contributed by atoms with E-state index in [0.29, 0.717) is 34.3 Å². The van der Waals surface area contributed by atoms with E-state index in [0.717, 1.165) is 13.0 Å². The molecule has 0 amide bonds. The summed E-state index contributed by atoms with van der Waals surface area (Å²) in [5.74, 6) is 0.716. The highest BCUT2D eigenvalue weighted by Crippen LogP contribution is 2.35. The smallest absolute Gasteiger partial charge is 0.258 e. The molecule has 118 valence electrons. The number of H-pyrrole nitrogens is 1. The van der Waals surface area contributed by atoms with E-state index in [1.807, 2.05) is 0 Å². The van der Waals surface area contributed by atoms with E-state index in [1.54, 1.807) is 29.5 Å². The number of aromatic amines is 1. The van der Waals surface area contributed by atoms with E-state index in [2.05, 4.69) is 32.4 Å². The second-order valence-corrected chi connectivity index (χ2v) is 7.23. The van der Waals surface area contributed by atoms with Gasteiger partial charge in [-0.05, 0) is 49.0 Å². The Balaban J connectivity index is 1.65. The summed E-state index contributed by atoms with van der Waals surface area (Å²) in [7, 11) is 0. The number of nitrogens with one attached hydrogen (secondary N) is 1. The minimum atomic E-state index is -0.126. The van der Waals surface area contributed by atoms with Crippen molar-refractivity contribution in [3.05, 3.63) is 61.8 Å². The van der Waals surface area contributed by atoms with Crippen LogP contribution in [-0.4, -0.2) is 21.4 Å². The number of hydrogen-bond donors (Lipinski definition) is 1. The predicted octanol–water partition coefficient (Wildman–Crippen LogP) is 3.98. The van der Waals surface area contributed by atoms with Crippen molar-refractivity contribution in [1.82, 2.24) is 14.9 Å². The second kappa shape index (κ2) is 6.07. The third-order valence-electron chi connectivity index (χ3n) is 4.30. The highest BCUT2D eigenvalue weighted by molar-refractivity contribution is 7.10. The molecular formula is C17H16ClN3OS. The molecule has 23 heavy (non-hydrogen) atoms. The Morgan fingerprint density at radius 1 is 1.39 bits per heavy atom. The molecule has 1 N–H and O–H groups in total. The van der Waals surface area contributed by atoms with Crippen molar-refractivity contribution in [2.24, 2.45) is 0 Å². The Morgan fingerprint density at radius 3 is 3.13 bits per heavy atom. The van der Waals surface area contributed by atoms with E-state index >= 15 is 0 Å². The van der Waals surface area contributed by atoms with Crippen molar-refractivity contribution < 1.29 is 0 Å². The molecule has 6 heteroatoms. The van der Waals surface area contributed by atoms with Crippen LogP contribution in [0, 0.1) is 0 Å². The maximum atomic E-state index is 12.3. The molecule has 0 saturated carbocycles. The maximum absolute atomic E-state index is 12.3. The lowest BCUT2D eigenvalue weighted by Gasteiger charge is -2.22. The van der Waals surface area contributed by atoms with Crippen LogP contribution >= 0.6 is 22.9 Å². The average molecular weight is 346 g/mol. The van der Waals surface area contributed by atoms with Crippen LogP contribution in [0.25, 0.3) is 10.9 Å². The minimum Gasteiger partial charge on any atom is -0.309 e. The first-order chi connectivity index (χ1) is 11.2. The van der Waals surface area contributed by atoms with Gasteiger partial charge in [0.1, 0.15) is 5.82 Å². The first-order valence-electron chi connectivity index (χ1n) is 7.66. The first-order valence-corrected chi connectivity index (χ1v) is 8.92. The number of rotatable bonds is 3. The maximum Gasteiger partial charge on any atom is 0.258 e. The number of fused-ring (bicyclic) bond motifs is 1. The Morgan fingerprint density at radius 2 is 2.30 bits per heavy atom. The van der Waals surface area contributed by atoms with Crippen molar-refractivity contribution in [1.29, 1.82) is 0 Å². The molecule has 1 atom stereocenters. The molecule has 4 rings (SSSR count). The van der Waals surface area contributed by atoms with Crippen LogP contribution in [0.5, 0.6) is 0 Å². The molecular weight excluding hydrogens is 330 g/mol. The molecule has 2 aromatic heterocycles. The number of hydrogen-bond acceptors (Lipinski definition) is 4. The van der Waals surface area contributed by atoms with E-state index in [9.17, 15) is 4.79 Å². The highest BCUT2D eigenvalue weighted by Gasteiger charge is 2.27. The topological polar surface area (TPSA) is 49.0 Å². The molecule has 3 heterocycles. The number of likely N-dealkylation sites (tertiary alicyclic amines) is 1. The molecule has 1 fully saturated rings. The highest BCUT2D eigenvalue weighted by atomic mass is 35.5. The van der Waals surface area contributed by atoms with E-state index < -0.39 is 0 Å². The number of aromatic nitrogens is 2. The second-order valence-electron chi connectivity index (χ2n) is 5.82. The van der Waals surface area contributed by atoms with Crippen LogP contribution in [0.2, 0.25) is 5.02 Å². The summed E-state index contributed by atoms with van der Waals surface area (Å²) >= 11 is 7.75. The lowest BCUT2D eigenvalue weighted by atomic mass is 10.2. The minimum absolute atomic E-state index is 0.126. The molecule has 1 aliphatic rings. The number of benzene rings is 1. The van der Waals surface area contributed by atoms with Crippen molar-refractivity contribution in [2.75, 3.05) is 6.54 Å². The molecule has 4 nitrogen and oxygen atoms in total. The van der Waals surface area contributed by atoms with Crippen LogP contribution in [0.1, 0.15) is 29.6 Å². The summed E-state index contributed by atoms with van der Waals surface area (Å²) in [5, 5.41) is 3.21.